The lowest BCUT2D eigenvalue weighted by molar-refractivity contribution is -0.131. The molecule has 28 heavy (non-hydrogen) atoms. The van der Waals surface area contributed by atoms with Gasteiger partial charge in [0.05, 0.1) is 15.4 Å². The number of aromatic nitrogens is 2. The molecule has 0 N–H and O–H groups in total. The Morgan fingerprint density at radius 1 is 1.07 bits per heavy atom. The van der Waals surface area contributed by atoms with Crippen LogP contribution in [-0.4, -0.2) is 15.9 Å². The number of carbonyl (C=O) groups excluding carboxylic acids is 1. The van der Waals surface area contributed by atoms with Crippen molar-refractivity contribution < 1.29 is 22.7 Å². The third-order valence-electron chi connectivity index (χ3n) is 4.05. The van der Waals surface area contributed by atoms with E-state index in [1.807, 2.05) is 13.8 Å². The van der Waals surface area contributed by atoms with Crippen molar-refractivity contribution in [2.75, 3.05) is 0 Å². The second kappa shape index (κ2) is 8.87. The lowest BCUT2D eigenvalue weighted by Crippen LogP contribution is -2.08. The molecule has 2 aromatic heterocycles. The van der Waals surface area contributed by atoms with E-state index in [9.17, 15) is 18.0 Å². The Bertz CT molecular complexity index is 1040. The lowest BCUT2D eigenvalue weighted by atomic mass is 10.1. The molecule has 0 amide bonds. The number of ether oxygens (including phenoxy) is 1. The van der Waals surface area contributed by atoms with Crippen molar-refractivity contribution in [1.29, 1.82) is 0 Å². The minimum Gasteiger partial charge on any atom is -0.425 e. The molecule has 0 aliphatic rings. The number of rotatable bonds is 5. The maximum atomic E-state index is 13.9. The van der Waals surface area contributed by atoms with Crippen molar-refractivity contribution in [3.8, 4) is 5.75 Å². The van der Waals surface area contributed by atoms with Crippen LogP contribution in [0.2, 0.25) is 0 Å². The second-order valence-corrected chi connectivity index (χ2v) is 7.04. The van der Waals surface area contributed by atoms with E-state index < -0.39 is 23.4 Å². The van der Waals surface area contributed by atoms with Gasteiger partial charge in [-0.3, -0.25) is 9.78 Å². The lowest BCUT2D eigenvalue weighted by Gasteiger charge is -2.12. The fourth-order valence-electron chi connectivity index (χ4n) is 2.84. The summed E-state index contributed by atoms with van der Waals surface area (Å²) >= 11 is 0.962. The predicted molar refractivity (Wildman–Crippen MR) is 104 cm³/mol. The summed E-state index contributed by atoms with van der Waals surface area (Å²) in [6, 6.07) is 2.24. The molecule has 0 fully saturated rings. The summed E-state index contributed by atoms with van der Waals surface area (Å²) in [5.41, 5.74) is 1.87. The van der Waals surface area contributed by atoms with Gasteiger partial charge in [0.1, 0.15) is 11.3 Å². The number of hydrogen-bond donors (Lipinski definition) is 0. The summed E-state index contributed by atoms with van der Waals surface area (Å²) in [7, 11) is 0. The van der Waals surface area contributed by atoms with Gasteiger partial charge >= 0.3 is 5.97 Å². The van der Waals surface area contributed by atoms with Gasteiger partial charge < -0.3 is 4.74 Å². The zero-order valence-corrected chi connectivity index (χ0v) is 17.1. The predicted octanol–water partition coefficient (Wildman–Crippen LogP) is 5.17. The normalized spacial score (nSPS) is 10.8. The molecule has 150 valence electrons. The largest absolute Gasteiger partial charge is 0.425 e. The van der Waals surface area contributed by atoms with E-state index in [0.717, 1.165) is 22.6 Å². The van der Waals surface area contributed by atoms with Crippen LogP contribution < -0.4 is 4.74 Å². The van der Waals surface area contributed by atoms with E-state index in [4.69, 9.17) is 4.74 Å². The third-order valence-corrected chi connectivity index (χ3v) is 5.12. The highest BCUT2D eigenvalue weighted by Crippen LogP contribution is 2.31. The van der Waals surface area contributed by atoms with Gasteiger partial charge in [-0.15, -0.1) is 23.7 Å². The molecule has 0 unspecified atom stereocenters. The fourth-order valence-corrected chi connectivity index (χ4v) is 3.83. The first-order valence-corrected chi connectivity index (χ1v) is 9.28. The van der Waals surface area contributed by atoms with Gasteiger partial charge in [-0.25, -0.2) is 18.2 Å². The van der Waals surface area contributed by atoms with E-state index in [2.05, 4.69) is 9.97 Å². The summed E-state index contributed by atoms with van der Waals surface area (Å²) in [6.45, 7) is 5.15. The quantitative estimate of drug-likeness (QED) is 0.414. The molecule has 0 spiro atoms. The molecule has 3 aromatic rings. The van der Waals surface area contributed by atoms with Crippen LogP contribution in [0.3, 0.4) is 0 Å². The van der Waals surface area contributed by atoms with Crippen LogP contribution in [0, 0.1) is 17.5 Å². The Morgan fingerprint density at radius 3 is 2.36 bits per heavy atom. The van der Waals surface area contributed by atoms with Crippen molar-refractivity contribution in [2.45, 2.75) is 40.0 Å². The third kappa shape index (κ3) is 4.28. The Hall–Kier alpha value is -2.19. The summed E-state index contributed by atoms with van der Waals surface area (Å²) in [4.78, 5) is 20.0. The highest BCUT2D eigenvalue weighted by Gasteiger charge is 2.19. The monoisotopic (exact) mass is 430 g/mol. The molecular formula is C19H18ClF3N2O2S. The number of thiazole rings is 1. The smallest absolute Gasteiger partial charge is 0.308 e. The molecule has 0 aliphatic heterocycles. The molecular weight excluding hydrogens is 413 g/mol. The SMILES string of the molecule is CCc1nc(CC)c(OC(C)=O)cc1Cc1nc2c(F)c(F)cc(F)c2s1.Cl. The average Bonchev–Trinajstić information content (AvgIpc) is 3.04. The van der Waals surface area contributed by atoms with Crippen LogP contribution >= 0.6 is 23.7 Å². The Balaban J connectivity index is 0.00000280. The van der Waals surface area contributed by atoms with Crippen molar-refractivity contribution in [3.63, 3.8) is 0 Å². The van der Waals surface area contributed by atoms with Crippen molar-refractivity contribution in [2.24, 2.45) is 0 Å². The first-order valence-electron chi connectivity index (χ1n) is 8.47. The Morgan fingerprint density at radius 2 is 1.75 bits per heavy atom. The van der Waals surface area contributed by atoms with Crippen LogP contribution in [0.4, 0.5) is 13.2 Å². The molecule has 3 rings (SSSR count). The van der Waals surface area contributed by atoms with E-state index in [-0.39, 0.29) is 29.0 Å². The van der Waals surface area contributed by atoms with E-state index >= 15 is 0 Å². The maximum absolute atomic E-state index is 13.9. The van der Waals surface area contributed by atoms with E-state index in [1.165, 1.54) is 6.92 Å². The summed E-state index contributed by atoms with van der Waals surface area (Å²) in [5, 5.41) is 0.419. The van der Waals surface area contributed by atoms with Crippen molar-refractivity contribution in [3.05, 3.63) is 51.5 Å². The van der Waals surface area contributed by atoms with Crippen molar-refractivity contribution in [1.82, 2.24) is 9.97 Å². The van der Waals surface area contributed by atoms with Gasteiger partial charge in [-0.05, 0) is 24.5 Å². The number of fused-ring (bicyclic) bond motifs is 1. The number of benzene rings is 1. The number of hydrogen-bond acceptors (Lipinski definition) is 5. The molecule has 0 aliphatic carbocycles. The van der Waals surface area contributed by atoms with Gasteiger partial charge in [0.15, 0.2) is 17.4 Å². The maximum Gasteiger partial charge on any atom is 0.308 e. The minimum atomic E-state index is -1.27. The Labute approximate surface area is 170 Å². The number of halogens is 4. The fraction of sp³-hybridized carbons (Fsp3) is 0.316. The zero-order valence-electron chi connectivity index (χ0n) is 15.4. The molecule has 0 bridgehead atoms. The molecule has 2 heterocycles. The van der Waals surface area contributed by atoms with Crippen LogP contribution in [0.1, 0.15) is 42.7 Å². The van der Waals surface area contributed by atoms with Crippen LogP contribution in [-0.2, 0) is 24.1 Å². The number of nitrogens with zero attached hydrogens (tertiary/aromatic N) is 2. The second-order valence-electron chi connectivity index (χ2n) is 5.96. The highest BCUT2D eigenvalue weighted by molar-refractivity contribution is 7.18. The van der Waals surface area contributed by atoms with Crippen LogP contribution in [0.5, 0.6) is 5.75 Å². The minimum absolute atomic E-state index is 0. The van der Waals surface area contributed by atoms with Crippen molar-refractivity contribution >= 4 is 39.9 Å². The van der Waals surface area contributed by atoms with Gasteiger partial charge in [0.2, 0.25) is 0 Å². The van der Waals surface area contributed by atoms with Gasteiger partial charge in [-0.2, -0.15) is 0 Å². The molecule has 0 saturated heterocycles. The summed E-state index contributed by atoms with van der Waals surface area (Å²) < 4.78 is 46.5. The molecule has 9 heteroatoms. The van der Waals surface area contributed by atoms with Crippen LogP contribution in [0.15, 0.2) is 12.1 Å². The molecule has 4 nitrogen and oxygen atoms in total. The molecule has 0 radical (unpaired) electrons. The number of pyridine rings is 1. The summed E-state index contributed by atoms with van der Waals surface area (Å²) in [6.07, 6.45) is 1.46. The van der Waals surface area contributed by atoms with Gasteiger partial charge in [0.25, 0.3) is 0 Å². The van der Waals surface area contributed by atoms with Gasteiger partial charge in [-0.1, -0.05) is 13.8 Å². The average molecular weight is 431 g/mol. The van der Waals surface area contributed by atoms with E-state index in [0.29, 0.717) is 35.4 Å². The Kier molecular flexibility index (Phi) is 7.01. The highest BCUT2D eigenvalue weighted by atomic mass is 35.5. The van der Waals surface area contributed by atoms with Gasteiger partial charge in [0, 0.05) is 25.1 Å². The number of aryl methyl sites for hydroxylation is 2. The standard InChI is InChI=1S/C19H17F3N2O2S.ClH/c1-4-13-10(6-15(26-9(3)25)14(5-2)23-13)7-16-24-18-17(22)11(20)8-12(21)19(18)27-16;/h6,8H,4-5,7H2,1-3H3;1H. The number of esters is 1. The van der Waals surface area contributed by atoms with E-state index in [1.54, 1.807) is 6.07 Å². The zero-order chi connectivity index (χ0) is 19.7. The topological polar surface area (TPSA) is 52.1 Å². The summed E-state index contributed by atoms with van der Waals surface area (Å²) in [5.74, 6) is -3.37. The molecule has 0 atom stereocenters. The first kappa shape index (κ1) is 22.1. The molecule has 0 saturated carbocycles. The first-order chi connectivity index (χ1) is 12.8. The van der Waals surface area contributed by atoms with Crippen LogP contribution in [0.25, 0.3) is 10.2 Å². The number of carbonyl (C=O) groups is 1. The molecule has 1 aromatic carbocycles.